The van der Waals surface area contributed by atoms with Gasteiger partial charge in [-0.1, -0.05) is 43.2 Å². The van der Waals surface area contributed by atoms with Gasteiger partial charge in [0.1, 0.15) is 19.3 Å². The first-order chi connectivity index (χ1) is 18.2. The van der Waals surface area contributed by atoms with Crippen LogP contribution in [0.15, 0.2) is 48.5 Å². The van der Waals surface area contributed by atoms with Gasteiger partial charge < -0.3 is 19.7 Å². The Morgan fingerprint density at radius 3 is 2.39 bits per heavy atom. The number of amides is 2. The Kier molecular flexibility index (Phi) is 9.14. The minimum Gasteiger partial charge on any atom is -0.486 e. The molecule has 0 bridgehead atoms. The smallest absolute Gasteiger partial charge is 0.242 e. The second-order valence-electron chi connectivity index (χ2n) is 9.94. The highest BCUT2D eigenvalue weighted by molar-refractivity contribution is 7.92. The van der Waals surface area contributed by atoms with Gasteiger partial charge in [0, 0.05) is 31.6 Å². The third kappa shape index (κ3) is 7.18. The third-order valence-corrected chi connectivity index (χ3v) is 8.22. The number of nitrogens with one attached hydrogen (secondary N) is 1. The summed E-state index contributed by atoms with van der Waals surface area (Å²) in [7, 11) is -3.61. The minimum atomic E-state index is -3.61. The molecule has 2 aromatic carbocycles. The highest BCUT2D eigenvalue weighted by Gasteiger charge is 2.29. The lowest BCUT2D eigenvalue weighted by molar-refractivity contribution is -0.141. The molecule has 206 valence electrons. The van der Waals surface area contributed by atoms with E-state index in [-0.39, 0.29) is 30.8 Å². The van der Waals surface area contributed by atoms with Crippen molar-refractivity contribution in [2.75, 3.05) is 30.3 Å². The van der Waals surface area contributed by atoms with Crippen LogP contribution in [0.4, 0.5) is 5.69 Å². The molecule has 2 amide bonds. The maximum atomic E-state index is 13.4. The summed E-state index contributed by atoms with van der Waals surface area (Å²) < 4.78 is 37.7. The summed E-state index contributed by atoms with van der Waals surface area (Å²) in [5, 5.41) is 3.10. The zero-order chi connectivity index (χ0) is 27.1. The summed E-state index contributed by atoms with van der Waals surface area (Å²) in [6.07, 6.45) is 5.67. The van der Waals surface area contributed by atoms with E-state index in [9.17, 15) is 18.0 Å². The monoisotopic (exact) mass is 543 g/mol. The summed E-state index contributed by atoms with van der Waals surface area (Å²) in [4.78, 5) is 28.1. The molecule has 1 heterocycles. The second kappa shape index (κ2) is 12.5. The summed E-state index contributed by atoms with van der Waals surface area (Å²) in [6.45, 7) is 3.01. The average Bonchev–Trinajstić information content (AvgIpc) is 3.42. The molecule has 2 aromatic rings. The van der Waals surface area contributed by atoms with Crippen molar-refractivity contribution in [3.05, 3.63) is 54.1 Å². The molecule has 1 atom stereocenters. The molecule has 38 heavy (non-hydrogen) atoms. The normalized spacial score (nSPS) is 16.1. The fourth-order valence-corrected chi connectivity index (χ4v) is 5.90. The van der Waals surface area contributed by atoms with E-state index in [1.54, 1.807) is 30.0 Å². The van der Waals surface area contributed by atoms with Crippen LogP contribution in [0, 0.1) is 0 Å². The largest absolute Gasteiger partial charge is 0.486 e. The fourth-order valence-electron chi connectivity index (χ4n) is 4.95. The zero-order valence-electron chi connectivity index (χ0n) is 22.1. The Morgan fingerprint density at radius 2 is 1.71 bits per heavy atom. The van der Waals surface area contributed by atoms with Crippen molar-refractivity contribution < 1.29 is 27.5 Å². The van der Waals surface area contributed by atoms with Crippen LogP contribution in [-0.2, 0) is 26.2 Å². The van der Waals surface area contributed by atoms with Crippen LogP contribution in [0.25, 0.3) is 0 Å². The topological polar surface area (TPSA) is 105 Å². The standard InChI is InChI=1S/C28H37N3O6S/c1-21(28(33)29-23-11-6-7-12-23)30(20-22-9-4-3-5-10-22)27(32)13-8-16-31(38(2,34)35)24-14-15-25-26(19-24)37-18-17-36-25/h3-5,9-10,14-15,19,21,23H,6-8,11-13,16-18,20H2,1-2H3,(H,29,33)/t21-/m0/s1. The van der Waals surface area contributed by atoms with E-state index in [2.05, 4.69) is 5.32 Å². The number of benzene rings is 2. The SMILES string of the molecule is C[C@@H](C(=O)NC1CCCC1)N(Cc1ccccc1)C(=O)CCCN(c1ccc2c(c1)OCCO2)S(C)(=O)=O. The molecule has 4 rings (SSSR count). The zero-order valence-corrected chi connectivity index (χ0v) is 22.9. The van der Waals surface area contributed by atoms with Gasteiger partial charge in [-0.25, -0.2) is 8.42 Å². The van der Waals surface area contributed by atoms with Gasteiger partial charge in [0.15, 0.2) is 11.5 Å². The molecular formula is C28H37N3O6S. The molecule has 1 fully saturated rings. The molecule has 0 spiro atoms. The van der Waals surface area contributed by atoms with Crippen LogP contribution in [-0.4, -0.2) is 63.2 Å². The van der Waals surface area contributed by atoms with Crippen LogP contribution < -0.4 is 19.1 Å². The minimum absolute atomic E-state index is 0.102. The highest BCUT2D eigenvalue weighted by atomic mass is 32.2. The first-order valence-corrected chi connectivity index (χ1v) is 15.1. The number of nitrogens with zero attached hydrogens (tertiary/aromatic N) is 2. The van der Waals surface area contributed by atoms with E-state index >= 15 is 0 Å². The van der Waals surface area contributed by atoms with Gasteiger partial charge in [0.2, 0.25) is 21.8 Å². The number of carbonyl (C=O) groups is 2. The van der Waals surface area contributed by atoms with Crippen molar-refractivity contribution >= 4 is 27.5 Å². The Morgan fingerprint density at radius 1 is 1.03 bits per heavy atom. The maximum Gasteiger partial charge on any atom is 0.242 e. The lowest BCUT2D eigenvalue weighted by Crippen LogP contribution is -2.49. The van der Waals surface area contributed by atoms with Crippen molar-refractivity contribution in [1.29, 1.82) is 0 Å². The van der Waals surface area contributed by atoms with Gasteiger partial charge >= 0.3 is 0 Å². The Balaban J connectivity index is 1.44. The van der Waals surface area contributed by atoms with E-state index in [0.717, 1.165) is 37.5 Å². The van der Waals surface area contributed by atoms with Gasteiger partial charge in [0.25, 0.3) is 0 Å². The van der Waals surface area contributed by atoms with Gasteiger partial charge in [-0.15, -0.1) is 0 Å². The number of fused-ring (bicyclic) bond motifs is 1. The van der Waals surface area contributed by atoms with Gasteiger partial charge in [-0.05, 0) is 43.9 Å². The van der Waals surface area contributed by atoms with Crippen molar-refractivity contribution in [2.24, 2.45) is 0 Å². The molecule has 1 N–H and O–H groups in total. The van der Waals surface area contributed by atoms with E-state index in [1.165, 1.54) is 4.31 Å². The molecule has 0 saturated heterocycles. The van der Waals surface area contributed by atoms with Crippen molar-refractivity contribution in [1.82, 2.24) is 10.2 Å². The lowest BCUT2D eigenvalue weighted by atomic mass is 10.1. The Labute approximate surface area is 225 Å². The van der Waals surface area contributed by atoms with E-state index in [4.69, 9.17) is 9.47 Å². The molecular weight excluding hydrogens is 506 g/mol. The Hall–Kier alpha value is -3.27. The van der Waals surface area contributed by atoms with E-state index in [1.807, 2.05) is 30.3 Å². The lowest BCUT2D eigenvalue weighted by Gasteiger charge is -2.30. The van der Waals surface area contributed by atoms with Crippen LogP contribution in [0.5, 0.6) is 11.5 Å². The summed E-state index contributed by atoms with van der Waals surface area (Å²) in [5.74, 6) is 0.716. The number of hydrogen-bond donors (Lipinski definition) is 1. The van der Waals surface area contributed by atoms with Gasteiger partial charge in [-0.3, -0.25) is 13.9 Å². The van der Waals surface area contributed by atoms with Gasteiger partial charge in [0.05, 0.1) is 11.9 Å². The van der Waals surface area contributed by atoms with Crippen LogP contribution in [0.3, 0.4) is 0 Å². The van der Waals surface area contributed by atoms with E-state index < -0.39 is 16.1 Å². The van der Waals surface area contributed by atoms with Crippen LogP contribution >= 0.6 is 0 Å². The molecule has 10 heteroatoms. The molecule has 0 unspecified atom stereocenters. The highest BCUT2D eigenvalue weighted by Crippen LogP contribution is 2.34. The predicted molar refractivity (Wildman–Crippen MR) is 146 cm³/mol. The van der Waals surface area contributed by atoms with Crippen molar-refractivity contribution in [3.63, 3.8) is 0 Å². The number of anilines is 1. The number of ether oxygens (including phenoxy) is 2. The maximum absolute atomic E-state index is 13.4. The Bertz CT molecular complexity index is 1210. The van der Waals surface area contributed by atoms with Crippen molar-refractivity contribution in [3.8, 4) is 11.5 Å². The number of rotatable bonds is 11. The molecule has 1 saturated carbocycles. The number of carbonyl (C=O) groups excluding carboxylic acids is 2. The second-order valence-corrected chi connectivity index (χ2v) is 11.8. The van der Waals surface area contributed by atoms with Crippen LogP contribution in [0.1, 0.15) is 51.0 Å². The molecule has 1 aliphatic heterocycles. The summed E-state index contributed by atoms with van der Waals surface area (Å²) in [5.41, 5.74) is 1.38. The quantitative estimate of drug-likeness (QED) is 0.465. The fraction of sp³-hybridized carbons (Fsp3) is 0.500. The average molecular weight is 544 g/mol. The summed E-state index contributed by atoms with van der Waals surface area (Å²) in [6, 6.07) is 14.1. The molecule has 9 nitrogen and oxygen atoms in total. The number of sulfonamides is 1. The van der Waals surface area contributed by atoms with E-state index in [0.29, 0.717) is 43.4 Å². The molecule has 0 radical (unpaired) electrons. The van der Waals surface area contributed by atoms with Gasteiger partial charge in [-0.2, -0.15) is 0 Å². The van der Waals surface area contributed by atoms with Crippen LogP contribution in [0.2, 0.25) is 0 Å². The molecule has 2 aliphatic rings. The first kappa shape index (κ1) is 27.8. The van der Waals surface area contributed by atoms with Crippen molar-refractivity contribution in [2.45, 2.75) is 64.1 Å². The number of hydrogen-bond acceptors (Lipinski definition) is 6. The molecule has 0 aromatic heterocycles. The predicted octanol–water partition coefficient (Wildman–Crippen LogP) is 3.48. The first-order valence-electron chi connectivity index (χ1n) is 13.2. The molecule has 1 aliphatic carbocycles. The summed E-state index contributed by atoms with van der Waals surface area (Å²) >= 11 is 0. The third-order valence-electron chi connectivity index (χ3n) is 7.03.